The molecule has 0 radical (unpaired) electrons. The van der Waals surface area contributed by atoms with Crippen molar-refractivity contribution in [1.82, 2.24) is 0 Å². The van der Waals surface area contributed by atoms with E-state index in [1.54, 1.807) is 42.5 Å². The predicted molar refractivity (Wildman–Crippen MR) is 101 cm³/mol. The first-order valence-electron chi connectivity index (χ1n) is 7.66. The molecule has 0 aliphatic carbocycles. The van der Waals surface area contributed by atoms with Crippen molar-refractivity contribution >= 4 is 39.4 Å². The molecule has 2 rings (SSSR count). The van der Waals surface area contributed by atoms with E-state index in [-0.39, 0.29) is 11.3 Å². The number of aliphatic carboxylic acids is 1. The number of rotatable bonds is 8. The average Bonchev–Trinajstić information content (AvgIpc) is 2.60. The third-order valence-corrected chi connectivity index (χ3v) is 5.03. The van der Waals surface area contributed by atoms with Crippen molar-refractivity contribution in [2.45, 2.75) is 17.7 Å². The molecule has 26 heavy (non-hydrogen) atoms. The first-order chi connectivity index (χ1) is 12.3. The Morgan fingerprint density at radius 2 is 2.04 bits per heavy atom. The number of carboxylic acid groups (broad SMARTS) is 1. The number of nitrogens with one attached hydrogen (secondary N) is 1. The number of halogens is 1. The van der Waals surface area contributed by atoms with Gasteiger partial charge in [-0.2, -0.15) is 0 Å². The normalized spacial score (nSPS) is 11.5. The maximum Gasteiger partial charge on any atom is 0.303 e. The van der Waals surface area contributed by atoms with Gasteiger partial charge in [0.1, 0.15) is 5.75 Å². The Labute approximate surface area is 157 Å². The predicted octanol–water partition coefficient (Wildman–Crippen LogP) is 4.03. The number of hydrogen-bond acceptors (Lipinski definition) is 4. The summed E-state index contributed by atoms with van der Waals surface area (Å²) >= 11 is 5.99. The number of benzene rings is 2. The van der Waals surface area contributed by atoms with Gasteiger partial charge in [-0.25, -0.2) is 8.42 Å². The van der Waals surface area contributed by atoms with Gasteiger partial charge in [0.15, 0.2) is 0 Å². The lowest BCUT2D eigenvalue weighted by atomic mass is 10.1. The summed E-state index contributed by atoms with van der Waals surface area (Å²) in [4.78, 5) is 10.6. The molecule has 0 bridgehead atoms. The van der Waals surface area contributed by atoms with Crippen LogP contribution in [0.2, 0.25) is 5.02 Å². The minimum Gasteiger partial charge on any atom is -0.497 e. The van der Waals surface area contributed by atoms with Gasteiger partial charge in [-0.15, -0.1) is 0 Å². The smallest absolute Gasteiger partial charge is 0.303 e. The second-order valence-corrected chi connectivity index (χ2v) is 7.47. The number of sulfonamides is 1. The molecule has 2 aromatic rings. The summed E-state index contributed by atoms with van der Waals surface area (Å²) in [5, 5.41) is 9.11. The molecular formula is C18H18ClNO5S. The Morgan fingerprint density at radius 1 is 1.27 bits per heavy atom. The Balaban J connectivity index is 2.28. The molecule has 138 valence electrons. The van der Waals surface area contributed by atoms with Crippen molar-refractivity contribution < 1.29 is 23.1 Å². The number of carbonyl (C=O) groups is 1. The van der Waals surface area contributed by atoms with Crippen LogP contribution in [0.4, 0.5) is 5.69 Å². The fourth-order valence-corrected chi connectivity index (χ4v) is 3.46. The van der Waals surface area contributed by atoms with Gasteiger partial charge in [0.2, 0.25) is 0 Å². The first kappa shape index (κ1) is 19.8. The minimum atomic E-state index is -3.83. The molecule has 0 amide bonds. The van der Waals surface area contributed by atoms with Crippen LogP contribution in [-0.4, -0.2) is 26.6 Å². The zero-order valence-corrected chi connectivity index (χ0v) is 15.5. The molecule has 0 unspecified atom stereocenters. The highest BCUT2D eigenvalue weighted by Crippen LogP contribution is 2.26. The van der Waals surface area contributed by atoms with Crippen LogP contribution in [0.15, 0.2) is 53.4 Å². The second-order valence-electron chi connectivity index (χ2n) is 5.35. The van der Waals surface area contributed by atoms with Gasteiger partial charge in [-0.1, -0.05) is 29.8 Å². The summed E-state index contributed by atoms with van der Waals surface area (Å²) in [7, 11) is -2.37. The Kier molecular flexibility index (Phi) is 6.65. The van der Waals surface area contributed by atoms with Gasteiger partial charge in [-0.05, 0) is 42.3 Å². The summed E-state index contributed by atoms with van der Waals surface area (Å²) in [6, 6.07) is 10.8. The van der Waals surface area contributed by atoms with E-state index in [9.17, 15) is 13.2 Å². The number of hydrogen-bond donors (Lipinski definition) is 2. The van der Waals surface area contributed by atoms with Crippen molar-refractivity contribution in [2.75, 3.05) is 11.8 Å². The number of anilines is 1. The van der Waals surface area contributed by atoms with E-state index in [2.05, 4.69) is 4.72 Å². The maximum atomic E-state index is 12.6. The molecule has 0 aromatic heterocycles. The quantitative estimate of drug-likeness (QED) is 0.704. The van der Waals surface area contributed by atoms with Crippen molar-refractivity contribution in [3.05, 3.63) is 59.1 Å². The standard InChI is InChI=1S/C18H18ClNO5S/c1-25-15-6-4-7-16(12-15)26(23,24)20-17-10-9-14(19)11-13(17)5-2-3-8-18(21)22/h2,4-7,9-12,20H,3,8H2,1H3,(H,21,22). The third kappa shape index (κ3) is 5.50. The van der Waals surface area contributed by atoms with Crippen molar-refractivity contribution in [1.29, 1.82) is 0 Å². The Bertz CT molecular complexity index is 925. The summed E-state index contributed by atoms with van der Waals surface area (Å²) in [6.07, 6.45) is 3.60. The minimum absolute atomic E-state index is 0.0120. The van der Waals surface area contributed by atoms with E-state index in [4.69, 9.17) is 21.4 Å². The van der Waals surface area contributed by atoms with Crippen molar-refractivity contribution in [2.24, 2.45) is 0 Å². The lowest BCUT2D eigenvalue weighted by molar-refractivity contribution is -0.136. The molecule has 6 nitrogen and oxygen atoms in total. The lowest BCUT2D eigenvalue weighted by Gasteiger charge is -2.12. The summed E-state index contributed by atoms with van der Waals surface area (Å²) in [5.74, 6) is -0.475. The van der Waals surface area contributed by atoms with Gasteiger partial charge in [0.05, 0.1) is 17.7 Å². The Morgan fingerprint density at radius 3 is 2.73 bits per heavy atom. The molecular weight excluding hydrogens is 378 g/mol. The molecule has 0 saturated heterocycles. The largest absolute Gasteiger partial charge is 0.497 e. The van der Waals surface area contributed by atoms with E-state index in [1.165, 1.54) is 19.2 Å². The van der Waals surface area contributed by atoms with Crippen LogP contribution in [0.25, 0.3) is 6.08 Å². The number of carboxylic acids is 1. The van der Waals surface area contributed by atoms with E-state index < -0.39 is 16.0 Å². The van der Waals surface area contributed by atoms with E-state index in [0.29, 0.717) is 28.4 Å². The van der Waals surface area contributed by atoms with Crippen molar-refractivity contribution in [3.63, 3.8) is 0 Å². The highest BCUT2D eigenvalue weighted by atomic mass is 35.5. The van der Waals surface area contributed by atoms with Gasteiger partial charge >= 0.3 is 5.97 Å². The van der Waals surface area contributed by atoms with Gasteiger partial charge in [-0.3, -0.25) is 9.52 Å². The maximum absolute atomic E-state index is 12.6. The topological polar surface area (TPSA) is 92.7 Å². The fraction of sp³-hybridized carbons (Fsp3) is 0.167. The molecule has 0 fully saturated rings. The molecule has 0 atom stereocenters. The third-order valence-electron chi connectivity index (χ3n) is 3.43. The lowest BCUT2D eigenvalue weighted by Crippen LogP contribution is -2.13. The number of methoxy groups -OCH3 is 1. The van der Waals surface area contributed by atoms with Crippen molar-refractivity contribution in [3.8, 4) is 5.75 Å². The van der Waals surface area contributed by atoms with E-state index in [0.717, 1.165) is 0 Å². The average molecular weight is 396 g/mol. The molecule has 0 saturated carbocycles. The number of ether oxygens (including phenoxy) is 1. The van der Waals surface area contributed by atoms with Crippen LogP contribution in [0, 0.1) is 0 Å². The highest BCUT2D eigenvalue weighted by Gasteiger charge is 2.16. The molecule has 0 aliphatic rings. The molecule has 8 heteroatoms. The van der Waals surface area contributed by atoms with Crippen LogP contribution in [-0.2, 0) is 14.8 Å². The molecule has 2 aromatic carbocycles. The Hall–Kier alpha value is -2.51. The van der Waals surface area contributed by atoms with Crippen LogP contribution < -0.4 is 9.46 Å². The molecule has 0 spiro atoms. The zero-order chi connectivity index (χ0) is 19.2. The first-order valence-corrected chi connectivity index (χ1v) is 9.53. The highest BCUT2D eigenvalue weighted by molar-refractivity contribution is 7.92. The van der Waals surface area contributed by atoms with E-state index in [1.807, 2.05) is 0 Å². The number of allylic oxidation sites excluding steroid dienone is 1. The summed E-state index contributed by atoms with van der Waals surface area (Å²) in [5.41, 5.74) is 0.873. The molecule has 2 N–H and O–H groups in total. The van der Waals surface area contributed by atoms with Crippen LogP contribution >= 0.6 is 11.6 Å². The van der Waals surface area contributed by atoms with E-state index >= 15 is 0 Å². The summed E-state index contributed by atoms with van der Waals surface area (Å²) in [6.45, 7) is 0. The van der Waals surface area contributed by atoms with Crippen LogP contribution in [0.1, 0.15) is 18.4 Å². The fourth-order valence-electron chi connectivity index (χ4n) is 2.15. The summed E-state index contributed by atoms with van der Waals surface area (Å²) < 4.78 is 32.8. The SMILES string of the molecule is COc1cccc(S(=O)(=O)Nc2ccc(Cl)cc2C=CCCC(=O)O)c1. The molecule has 0 heterocycles. The van der Waals surface area contributed by atoms with Gasteiger partial charge in [0, 0.05) is 17.5 Å². The van der Waals surface area contributed by atoms with Gasteiger partial charge < -0.3 is 9.84 Å². The van der Waals surface area contributed by atoms with Crippen LogP contribution in [0.5, 0.6) is 5.75 Å². The molecule has 0 aliphatic heterocycles. The van der Waals surface area contributed by atoms with Crippen LogP contribution in [0.3, 0.4) is 0 Å². The zero-order valence-electron chi connectivity index (χ0n) is 14.0. The second kappa shape index (κ2) is 8.73. The monoisotopic (exact) mass is 395 g/mol. The van der Waals surface area contributed by atoms with Gasteiger partial charge in [0.25, 0.3) is 10.0 Å².